The fourth-order valence-electron chi connectivity index (χ4n) is 1.68. The third-order valence-corrected chi connectivity index (χ3v) is 2.49. The Morgan fingerprint density at radius 1 is 1.24 bits per heavy atom. The SMILES string of the molecule is COc1cccc(CC(=O)Cc2ccco2)c1. The molecule has 0 spiro atoms. The Kier molecular flexibility index (Phi) is 3.60. The summed E-state index contributed by atoms with van der Waals surface area (Å²) in [4.78, 5) is 11.8. The molecule has 1 aromatic heterocycles. The molecule has 2 rings (SSSR count). The molecular weight excluding hydrogens is 216 g/mol. The van der Waals surface area contributed by atoms with Gasteiger partial charge in [0.1, 0.15) is 17.3 Å². The van der Waals surface area contributed by atoms with Crippen molar-refractivity contribution < 1.29 is 13.9 Å². The summed E-state index contributed by atoms with van der Waals surface area (Å²) in [5.74, 6) is 1.61. The van der Waals surface area contributed by atoms with Crippen LogP contribution in [-0.4, -0.2) is 12.9 Å². The number of hydrogen-bond donors (Lipinski definition) is 0. The van der Waals surface area contributed by atoms with Gasteiger partial charge in [-0.05, 0) is 29.8 Å². The number of ether oxygens (including phenoxy) is 1. The summed E-state index contributed by atoms with van der Waals surface area (Å²) in [5, 5.41) is 0. The summed E-state index contributed by atoms with van der Waals surface area (Å²) in [6.07, 6.45) is 2.32. The number of rotatable bonds is 5. The molecule has 0 amide bonds. The largest absolute Gasteiger partial charge is 0.497 e. The van der Waals surface area contributed by atoms with E-state index < -0.39 is 0 Å². The van der Waals surface area contributed by atoms with Crippen LogP contribution in [0, 0.1) is 0 Å². The van der Waals surface area contributed by atoms with Gasteiger partial charge in [-0.2, -0.15) is 0 Å². The van der Waals surface area contributed by atoms with E-state index in [-0.39, 0.29) is 5.78 Å². The number of hydrogen-bond acceptors (Lipinski definition) is 3. The fourth-order valence-corrected chi connectivity index (χ4v) is 1.68. The van der Waals surface area contributed by atoms with E-state index in [1.165, 1.54) is 0 Å². The third kappa shape index (κ3) is 3.21. The Bertz CT molecular complexity index is 486. The van der Waals surface area contributed by atoms with Gasteiger partial charge in [0, 0.05) is 6.42 Å². The first-order valence-corrected chi connectivity index (χ1v) is 5.45. The second kappa shape index (κ2) is 5.34. The molecule has 0 N–H and O–H groups in total. The van der Waals surface area contributed by atoms with Crippen molar-refractivity contribution in [2.45, 2.75) is 12.8 Å². The highest BCUT2D eigenvalue weighted by Gasteiger charge is 2.07. The molecule has 0 atom stereocenters. The normalized spacial score (nSPS) is 10.2. The summed E-state index contributed by atoms with van der Waals surface area (Å²) < 4.78 is 10.3. The minimum absolute atomic E-state index is 0.133. The van der Waals surface area contributed by atoms with Crippen molar-refractivity contribution in [3.05, 3.63) is 54.0 Å². The highest BCUT2D eigenvalue weighted by Crippen LogP contribution is 2.14. The van der Waals surface area contributed by atoms with Crippen LogP contribution in [-0.2, 0) is 17.6 Å². The predicted octanol–water partition coefficient (Wildman–Crippen LogP) is 2.64. The van der Waals surface area contributed by atoms with Gasteiger partial charge in [0.15, 0.2) is 0 Å². The first-order chi connectivity index (χ1) is 8.28. The average Bonchev–Trinajstić information content (AvgIpc) is 2.82. The molecule has 0 aliphatic carbocycles. The maximum atomic E-state index is 11.8. The maximum absolute atomic E-state index is 11.8. The molecule has 0 fully saturated rings. The molecular formula is C14H14O3. The number of furan rings is 1. The molecule has 3 nitrogen and oxygen atoms in total. The van der Waals surface area contributed by atoms with E-state index in [0.29, 0.717) is 18.6 Å². The van der Waals surface area contributed by atoms with Gasteiger partial charge in [0.05, 0.1) is 19.8 Å². The molecule has 0 aliphatic rings. The number of benzene rings is 1. The van der Waals surface area contributed by atoms with E-state index in [0.717, 1.165) is 11.3 Å². The minimum atomic E-state index is 0.133. The Morgan fingerprint density at radius 2 is 2.12 bits per heavy atom. The summed E-state index contributed by atoms with van der Waals surface area (Å²) >= 11 is 0. The lowest BCUT2D eigenvalue weighted by atomic mass is 10.1. The lowest BCUT2D eigenvalue weighted by molar-refractivity contribution is -0.118. The quantitative estimate of drug-likeness (QED) is 0.792. The number of carbonyl (C=O) groups is 1. The lowest BCUT2D eigenvalue weighted by Crippen LogP contribution is -2.05. The zero-order valence-electron chi connectivity index (χ0n) is 9.68. The van der Waals surface area contributed by atoms with Crippen molar-refractivity contribution in [2.24, 2.45) is 0 Å². The van der Waals surface area contributed by atoms with E-state index >= 15 is 0 Å². The topological polar surface area (TPSA) is 39.4 Å². The predicted molar refractivity (Wildman–Crippen MR) is 64.1 cm³/mol. The van der Waals surface area contributed by atoms with E-state index in [4.69, 9.17) is 9.15 Å². The molecule has 0 radical (unpaired) electrons. The lowest BCUT2D eigenvalue weighted by Gasteiger charge is -2.03. The number of Topliss-reactive ketones (excluding diaryl/α,β-unsaturated/α-hetero) is 1. The third-order valence-electron chi connectivity index (χ3n) is 2.49. The first-order valence-electron chi connectivity index (χ1n) is 5.45. The van der Waals surface area contributed by atoms with Crippen molar-refractivity contribution >= 4 is 5.78 Å². The van der Waals surface area contributed by atoms with Gasteiger partial charge in [-0.25, -0.2) is 0 Å². The van der Waals surface area contributed by atoms with Crippen LogP contribution in [0.25, 0.3) is 0 Å². The van der Waals surface area contributed by atoms with Gasteiger partial charge in [0.2, 0.25) is 0 Å². The van der Waals surface area contributed by atoms with Crippen LogP contribution in [0.15, 0.2) is 47.1 Å². The molecule has 0 unspecified atom stereocenters. The highest BCUT2D eigenvalue weighted by molar-refractivity contribution is 5.82. The van der Waals surface area contributed by atoms with Crippen LogP contribution in [0.4, 0.5) is 0 Å². The second-order valence-electron chi connectivity index (χ2n) is 3.82. The molecule has 1 heterocycles. The molecule has 0 bridgehead atoms. The molecule has 2 aromatic rings. The summed E-state index contributed by atoms with van der Waals surface area (Å²) in [7, 11) is 1.61. The van der Waals surface area contributed by atoms with Gasteiger partial charge in [-0.15, -0.1) is 0 Å². The zero-order chi connectivity index (χ0) is 12.1. The number of methoxy groups -OCH3 is 1. The Morgan fingerprint density at radius 3 is 2.82 bits per heavy atom. The van der Waals surface area contributed by atoms with Crippen molar-refractivity contribution in [1.82, 2.24) is 0 Å². The molecule has 3 heteroatoms. The molecule has 17 heavy (non-hydrogen) atoms. The molecule has 0 aliphatic heterocycles. The van der Waals surface area contributed by atoms with Crippen LogP contribution in [0.1, 0.15) is 11.3 Å². The summed E-state index contributed by atoms with van der Waals surface area (Å²) in [6.45, 7) is 0. The van der Waals surface area contributed by atoms with Crippen LogP contribution >= 0.6 is 0 Å². The number of carbonyl (C=O) groups excluding carboxylic acids is 1. The Hall–Kier alpha value is -2.03. The summed E-state index contributed by atoms with van der Waals surface area (Å²) in [6, 6.07) is 11.1. The fraction of sp³-hybridized carbons (Fsp3) is 0.214. The van der Waals surface area contributed by atoms with Crippen LogP contribution < -0.4 is 4.74 Å². The van der Waals surface area contributed by atoms with Gasteiger partial charge >= 0.3 is 0 Å². The van der Waals surface area contributed by atoms with Gasteiger partial charge < -0.3 is 9.15 Å². The van der Waals surface area contributed by atoms with Crippen molar-refractivity contribution in [3.8, 4) is 5.75 Å². The highest BCUT2D eigenvalue weighted by atomic mass is 16.5. The maximum Gasteiger partial charge on any atom is 0.144 e. The first kappa shape index (κ1) is 11.5. The zero-order valence-corrected chi connectivity index (χ0v) is 9.68. The van der Waals surface area contributed by atoms with E-state index in [2.05, 4.69) is 0 Å². The molecule has 0 saturated heterocycles. The molecule has 0 saturated carbocycles. The van der Waals surface area contributed by atoms with Crippen molar-refractivity contribution in [3.63, 3.8) is 0 Å². The molecule has 1 aromatic carbocycles. The van der Waals surface area contributed by atoms with Crippen molar-refractivity contribution in [2.75, 3.05) is 7.11 Å². The smallest absolute Gasteiger partial charge is 0.144 e. The van der Waals surface area contributed by atoms with E-state index in [9.17, 15) is 4.79 Å². The van der Waals surface area contributed by atoms with Crippen molar-refractivity contribution in [1.29, 1.82) is 0 Å². The van der Waals surface area contributed by atoms with Gasteiger partial charge in [0.25, 0.3) is 0 Å². The van der Waals surface area contributed by atoms with Crippen LogP contribution in [0.2, 0.25) is 0 Å². The Balaban J connectivity index is 1.98. The number of ketones is 1. The standard InChI is InChI=1S/C14H14O3/c1-16-13-5-2-4-11(9-13)8-12(15)10-14-6-3-7-17-14/h2-7,9H,8,10H2,1H3. The van der Waals surface area contributed by atoms with Crippen LogP contribution in [0.3, 0.4) is 0 Å². The van der Waals surface area contributed by atoms with E-state index in [1.807, 2.05) is 30.3 Å². The van der Waals surface area contributed by atoms with Gasteiger partial charge in [-0.1, -0.05) is 12.1 Å². The monoisotopic (exact) mass is 230 g/mol. The average molecular weight is 230 g/mol. The van der Waals surface area contributed by atoms with Gasteiger partial charge in [-0.3, -0.25) is 4.79 Å². The second-order valence-corrected chi connectivity index (χ2v) is 3.82. The minimum Gasteiger partial charge on any atom is -0.497 e. The Labute approximate surface area is 100 Å². The summed E-state index contributed by atoms with van der Waals surface area (Å²) in [5.41, 5.74) is 0.959. The van der Waals surface area contributed by atoms with Crippen LogP contribution in [0.5, 0.6) is 5.75 Å². The van der Waals surface area contributed by atoms with E-state index in [1.54, 1.807) is 19.4 Å². The molecule has 88 valence electrons.